The number of nitrogens with zero attached hydrogens (tertiary/aromatic N) is 2. The van der Waals surface area contributed by atoms with E-state index in [9.17, 15) is 9.00 Å². The minimum Gasteiger partial charge on any atom is -0.494 e. The molecule has 0 spiro atoms. The first-order valence-electron chi connectivity index (χ1n) is 13.5. The maximum absolute atomic E-state index is 12.0. The summed E-state index contributed by atoms with van der Waals surface area (Å²) in [6, 6.07) is 7.84. The third kappa shape index (κ3) is 18.4. The van der Waals surface area contributed by atoms with Gasteiger partial charge < -0.3 is 30.7 Å². The van der Waals surface area contributed by atoms with Crippen LogP contribution in [0.3, 0.4) is 0 Å². The van der Waals surface area contributed by atoms with Gasteiger partial charge >= 0.3 is 6.03 Å². The molecule has 1 fully saturated rings. The molecule has 0 radical (unpaired) electrons. The van der Waals surface area contributed by atoms with Crippen molar-refractivity contribution in [1.82, 2.24) is 10.2 Å². The van der Waals surface area contributed by atoms with Crippen LogP contribution in [0.25, 0.3) is 0 Å². The summed E-state index contributed by atoms with van der Waals surface area (Å²) in [6.45, 7) is 18.7. The van der Waals surface area contributed by atoms with Gasteiger partial charge in [0.25, 0.3) is 0 Å². The van der Waals surface area contributed by atoms with E-state index < -0.39 is 10.8 Å². The molecule has 1 heterocycles. The van der Waals surface area contributed by atoms with Gasteiger partial charge in [-0.25, -0.2) is 4.79 Å². The zero-order valence-electron chi connectivity index (χ0n) is 23.9. The smallest absolute Gasteiger partial charge is 0.317 e. The fraction of sp³-hybridized carbons (Fsp3) is 0.741. The summed E-state index contributed by atoms with van der Waals surface area (Å²) in [5.41, 5.74) is 6.50. The average molecular weight is 531 g/mol. The maximum atomic E-state index is 12.0. The van der Waals surface area contributed by atoms with Crippen molar-refractivity contribution in [2.75, 3.05) is 68.9 Å². The number of urea groups is 1. The highest BCUT2D eigenvalue weighted by Gasteiger charge is 2.19. The number of hydrogen-bond donors (Lipinski definition) is 3. The Balaban J connectivity index is 0. The molecule has 1 saturated heterocycles. The maximum Gasteiger partial charge on any atom is 0.317 e. The van der Waals surface area contributed by atoms with Crippen molar-refractivity contribution < 1.29 is 18.8 Å². The first-order chi connectivity index (χ1) is 17.4. The second-order valence-electron chi connectivity index (χ2n) is 8.35. The Labute approximate surface area is 223 Å². The van der Waals surface area contributed by atoms with Gasteiger partial charge in [-0.1, -0.05) is 48.5 Å². The SMILES string of the molecule is CC.CC.CC(C)C.NCCS(=O)CCCOc1ccc(N2CCCN(C(=O)NCCO)CC2)cc1. The van der Waals surface area contributed by atoms with Gasteiger partial charge in [-0.2, -0.15) is 0 Å². The number of hydrogen-bond acceptors (Lipinski definition) is 6. The first kappa shape index (κ1) is 36.3. The molecule has 1 atom stereocenters. The summed E-state index contributed by atoms with van der Waals surface area (Å²) in [6.07, 6.45) is 1.64. The predicted octanol–water partition coefficient (Wildman–Crippen LogP) is 4.09. The molecule has 1 unspecified atom stereocenters. The van der Waals surface area contributed by atoms with Crippen molar-refractivity contribution in [3.63, 3.8) is 0 Å². The van der Waals surface area contributed by atoms with Gasteiger partial charge in [0.15, 0.2) is 0 Å². The zero-order chi connectivity index (χ0) is 27.8. The van der Waals surface area contributed by atoms with Crippen LogP contribution in [-0.4, -0.2) is 84.2 Å². The Bertz CT molecular complexity index is 657. The second kappa shape index (κ2) is 24.8. The molecule has 0 aromatic heterocycles. The second-order valence-corrected chi connectivity index (χ2v) is 10.0. The largest absolute Gasteiger partial charge is 0.494 e. The first-order valence-corrected chi connectivity index (χ1v) is 15.0. The molecule has 36 heavy (non-hydrogen) atoms. The summed E-state index contributed by atoms with van der Waals surface area (Å²) in [7, 11) is -0.852. The number of benzene rings is 1. The summed E-state index contributed by atoms with van der Waals surface area (Å²) in [5.74, 6) is 2.80. The number of carbonyl (C=O) groups excluding carboxylic acids is 1. The van der Waals surface area contributed by atoms with Gasteiger partial charge in [-0.3, -0.25) is 4.21 Å². The van der Waals surface area contributed by atoms with Crippen molar-refractivity contribution in [3.05, 3.63) is 24.3 Å². The number of aliphatic hydroxyl groups excluding tert-OH is 1. The standard InChI is InChI=1S/C19H32N4O4S.C4H10.2C2H6/c20-7-16-28(26)15-2-14-27-18-5-3-17(4-6-18)22-9-1-10-23(12-11-22)19(25)21-8-13-24;1-4(2)3;2*1-2/h3-6,24H,1-2,7-16,20H2,(H,21,25);4H,1-3H3;2*1-2H3. The normalized spacial score (nSPS) is 13.6. The van der Waals surface area contributed by atoms with Gasteiger partial charge in [-0.05, 0) is 43.0 Å². The van der Waals surface area contributed by atoms with Crippen LogP contribution in [0.4, 0.5) is 10.5 Å². The zero-order valence-corrected chi connectivity index (χ0v) is 24.7. The lowest BCUT2D eigenvalue weighted by atomic mass is 10.2. The summed E-state index contributed by atoms with van der Waals surface area (Å²) in [5, 5.41) is 11.5. The van der Waals surface area contributed by atoms with Crippen molar-refractivity contribution in [1.29, 1.82) is 0 Å². The molecule has 8 nitrogen and oxygen atoms in total. The van der Waals surface area contributed by atoms with Crippen molar-refractivity contribution in [3.8, 4) is 5.75 Å². The summed E-state index contributed by atoms with van der Waals surface area (Å²) >= 11 is 0. The molecule has 4 N–H and O–H groups in total. The molecule has 0 saturated carbocycles. The van der Waals surface area contributed by atoms with E-state index in [-0.39, 0.29) is 19.2 Å². The van der Waals surface area contributed by atoms with Gasteiger partial charge in [0, 0.05) is 67.3 Å². The number of ether oxygens (including phenoxy) is 1. The molecular formula is C27H54N4O4S. The molecule has 0 bridgehead atoms. The fourth-order valence-corrected chi connectivity index (χ4v) is 3.96. The van der Waals surface area contributed by atoms with Crippen LogP contribution in [0.5, 0.6) is 5.75 Å². The monoisotopic (exact) mass is 530 g/mol. The van der Waals surface area contributed by atoms with Crippen LogP contribution in [0, 0.1) is 5.92 Å². The third-order valence-corrected chi connectivity index (χ3v) is 5.94. The van der Waals surface area contributed by atoms with E-state index in [4.69, 9.17) is 15.6 Å². The van der Waals surface area contributed by atoms with Crippen LogP contribution >= 0.6 is 0 Å². The Hall–Kier alpha value is -1.84. The quantitative estimate of drug-likeness (QED) is 0.393. The summed E-state index contributed by atoms with van der Waals surface area (Å²) in [4.78, 5) is 16.1. The molecule has 1 aromatic rings. The van der Waals surface area contributed by atoms with Crippen molar-refractivity contribution in [2.24, 2.45) is 11.7 Å². The van der Waals surface area contributed by atoms with Gasteiger partial charge in [0.05, 0.1) is 13.2 Å². The highest BCUT2D eigenvalue weighted by molar-refractivity contribution is 7.84. The minimum absolute atomic E-state index is 0.0499. The van der Waals surface area contributed by atoms with E-state index in [2.05, 4.69) is 31.0 Å². The van der Waals surface area contributed by atoms with E-state index >= 15 is 0 Å². The lowest BCUT2D eigenvalue weighted by Gasteiger charge is -2.24. The molecular weight excluding hydrogens is 476 g/mol. The molecule has 212 valence electrons. The van der Waals surface area contributed by atoms with Gasteiger partial charge in [0.2, 0.25) is 0 Å². The molecule has 0 aliphatic carbocycles. The van der Waals surface area contributed by atoms with E-state index in [1.165, 1.54) is 0 Å². The number of nitrogens with two attached hydrogens (primary N) is 1. The van der Waals surface area contributed by atoms with Crippen LogP contribution in [0.15, 0.2) is 24.3 Å². The summed E-state index contributed by atoms with van der Waals surface area (Å²) < 4.78 is 17.3. The number of carbonyl (C=O) groups is 1. The van der Waals surface area contributed by atoms with Crippen LogP contribution in [0.2, 0.25) is 0 Å². The average Bonchev–Trinajstić information content (AvgIpc) is 3.14. The highest BCUT2D eigenvalue weighted by atomic mass is 32.2. The Morgan fingerprint density at radius 1 is 1.06 bits per heavy atom. The van der Waals surface area contributed by atoms with Crippen LogP contribution < -0.4 is 20.7 Å². The number of anilines is 1. The fourth-order valence-electron chi connectivity index (χ4n) is 3.05. The van der Waals surface area contributed by atoms with Crippen molar-refractivity contribution >= 4 is 22.5 Å². The Kier molecular flexibility index (Phi) is 25.1. The van der Waals surface area contributed by atoms with Crippen molar-refractivity contribution in [2.45, 2.75) is 61.3 Å². The lowest BCUT2D eigenvalue weighted by molar-refractivity contribution is 0.197. The Morgan fingerprint density at radius 3 is 2.22 bits per heavy atom. The van der Waals surface area contributed by atoms with Crippen LogP contribution in [0.1, 0.15) is 61.3 Å². The topological polar surface area (TPSA) is 108 Å². The molecule has 9 heteroatoms. The van der Waals surface area contributed by atoms with E-state index in [0.29, 0.717) is 37.7 Å². The van der Waals surface area contributed by atoms with E-state index in [1.807, 2.05) is 52.0 Å². The lowest BCUT2D eigenvalue weighted by Crippen LogP contribution is -2.42. The number of nitrogens with one attached hydrogen (secondary N) is 1. The number of rotatable bonds is 10. The van der Waals surface area contributed by atoms with Crippen LogP contribution in [-0.2, 0) is 10.8 Å². The highest BCUT2D eigenvalue weighted by Crippen LogP contribution is 2.21. The third-order valence-electron chi connectivity index (χ3n) is 4.50. The van der Waals surface area contributed by atoms with E-state index in [0.717, 1.165) is 43.3 Å². The van der Waals surface area contributed by atoms with E-state index in [1.54, 1.807) is 4.90 Å². The predicted molar refractivity (Wildman–Crippen MR) is 156 cm³/mol. The molecule has 1 aliphatic heterocycles. The minimum atomic E-state index is -0.852. The Morgan fingerprint density at radius 2 is 1.67 bits per heavy atom. The molecule has 1 aromatic carbocycles. The molecule has 2 rings (SSSR count). The molecule has 2 amide bonds. The number of amides is 2. The van der Waals surface area contributed by atoms with Gasteiger partial charge in [0.1, 0.15) is 5.75 Å². The molecule has 1 aliphatic rings. The number of aliphatic hydroxyl groups is 1. The van der Waals surface area contributed by atoms with Gasteiger partial charge in [-0.15, -0.1) is 0 Å².